The molecule has 0 bridgehead atoms. The molecule has 29 heavy (non-hydrogen) atoms. The maximum absolute atomic E-state index is 6.06. The van der Waals surface area contributed by atoms with Crippen molar-refractivity contribution in [2.75, 3.05) is 27.3 Å². The molecule has 2 heterocycles. The van der Waals surface area contributed by atoms with Crippen LogP contribution in [0.1, 0.15) is 18.7 Å². The third-order valence-corrected chi connectivity index (χ3v) is 5.06. The fraction of sp³-hybridized carbons (Fsp3) is 0.364. The van der Waals surface area contributed by atoms with Crippen molar-refractivity contribution in [3.05, 3.63) is 54.4 Å². The lowest BCUT2D eigenvalue weighted by Crippen LogP contribution is -2.37. The number of methoxy groups -OCH3 is 2. The van der Waals surface area contributed by atoms with Gasteiger partial charge in [0.25, 0.3) is 0 Å². The van der Waals surface area contributed by atoms with Crippen LogP contribution in [0.15, 0.2) is 53.1 Å². The van der Waals surface area contributed by atoms with Crippen LogP contribution in [-0.4, -0.2) is 48.5 Å². The second-order valence-corrected chi connectivity index (χ2v) is 6.98. The van der Waals surface area contributed by atoms with Gasteiger partial charge in [0.15, 0.2) is 0 Å². The van der Waals surface area contributed by atoms with Crippen LogP contribution in [-0.2, 0) is 6.54 Å². The fourth-order valence-electron chi connectivity index (χ4n) is 3.48. The number of benzene rings is 2. The van der Waals surface area contributed by atoms with Gasteiger partial charge < -0.3 is 18.7 Å². The highest BCUT2D eigenvalue weighted by Crippen LogP contribution is 2.31. The van der Waals surface area contributed by atoms with Crippen LogP contribution in [0.3, 0.4) is 0 Å². The molecular formula is C22H25N3O4. The molecule has 1 aliphatic rings. The standard InChI is InChI=1S/C22H25N3O4/c1-26-18-8-9-19(20(14-18)27-2)22-23-21(29-24-22)15-25-12-10-17(11-13-25)28-16-6-4-3-5-7-16/h3-9,14,17H,10-13,15H2,1-2H3. The molecule has 0 atom stereocenters. The predicted molar refractivity (Wildman–Crippen MR) is 108 cm³/mol. The number of hydrogen-bond donors (Lipinski definition) is 0. The smallest absolute Gasteiger partial charge is 0.241 e. The number of rotatable bonds is 7. The average Bonchev–Trinajstić information content (AvgIpc) is 3.23. The van der Waals surface area contributed by atoms with Crippen molar-refractivity contribution in [2.24, 2.45) is 0 Å². The van der Waals surface area contributed by atoms with E-state index in [-0.39, 0.29) is 6.10 Å². The quantitative estimate of drug-likeness (QED) is 0.603. The number of nitrogens with zero attached hydrogens (tertiary/aromatic N) is 3. The first-order chi connectivity index (χ1) is 14.2. The van der Waals surface area contributed by atoms with Gasteiger partial charge in [-0.05, 0) is 37.1 Å². The SMILES string of the molecule is COc1ccc(-c2noc(CN3CCC(Oc4ccccc4)CC3)n2)c(OC)c1. The second kappa shape index (κ2) is 8.96. The Hall–Kier alpha value is -3.06. The molecule has 1 fully saturated rings. The first-order valence-electron chi connectivity index (χ1n) is 9.74. The molecule has 152 valence electrons. The number of hydrogen-bond acceptors (Lipinski definition) is 7. The maximum atomic E-state index is 6.06. The minimum atomic E-state index is 0.246. The molecule has 0 N–H and O–H groups in total. The summed E-state index contributed by atoms with van der Waals surface area (Å²) >= 11 is 0. The van der Waals surface area contributed by atoms with Gasteiger partial charge in [0.2, 0.25) is 11.7 Å². The van der Waals surface area contributed by atoms with E-state index >= 15 is 0 Å². The summed E-state index contributed by atoms with van der Waals surface area (Å²) in [5, 5.41) is 4.13. The van der Waals surface area contributed by atoms with E-state index in [1.165, 1.54) is 0 Å². The Morgan fingerprint density at radius 1 is 1.00 bits per heavy atom. The first-order valence-corrected chi connectivity index (χ1v) is 9.74. The zero-order valence-electron chi connectivity index (χ0n) is 16.7. The van der Waals surface area contributed by atoms with Gasteiger partial charge in [-0.15, -0.1) is 0 Å². The van der Waals surface area contributed by atoms with E-state index in [9.17, 15) is 0 Å². The molecule has 0 amide bonds. The van der Waals surface area contributed by atoms with E-state index in [2.05, 4.69) is 15.0 Å². The summed E-state index contributed by atoms with van der Waals surface area (Å²) in [7, 11) is 3.23. The van der Waals surface area contributed by atoms with Gasteiger partial charge >= 0.3 is 0 Å². The van der Waals surface area contributed by atoms with E-state index in [1.54, 1.807) is 14.2 Å². The monoisotopic (exact) mass is 395 g/mol. The number of piperidine rings is 1. The molecule has 0 radical (unpaired) electrons. The molecular weight excluding hydrogens is 370 g/mol. The molecule has 1 aromatic heterocycles. The second-order valence-electron chi connectivity index (χ2n) is 6.98. The Kier molecular flexibility index (Phi) is 5.95. The Labute approximate surface area is 170 Å². The number of aromatic nitrogens is 2. The Morgan fingerprint density at radius 2 is 1.79 bits per heavy atom. The maximum Gasteiger partial charge on any atom is 0.241 e. The minimum Gasteiger partial charge on any atom is -0.497 e. The van der Waals surface area contributed by atoms with Crippen LogP contribution in [0.5, 0.6) is 17.2 Å². The lowest BCUT2D eigenvalue weighted by Gasteiger charge is -2.31. The molecule has 7 heteroatoms. The normalized spacial score (nSPS) is 15.2. The highest BCUT2D eigenvalue weighted by Gasteiger charge is 2.23. The van der Waals surface area contributed by atoms with Crippen LogP contribution < -0.4 is 14.2 Å². The number of ether oxygens (including phenoxy) is 3. The van der Waals surface area contributed by atoms with Crippen molar-refractivity contribution in [1.29, 1.82) is 0 Å². The van der Waals surface area contributed by atoms with Gasteiger partial charge in [0, 0.05) is 19.2 Å². The number of para-hydroxylation sites is 1. The van der Waals surface area contributed by atoms with Crippen molar-refractivity contribution in [2.45, 2.75) is 25.5 Å². The third kappa shape index (κ3) is 4.68. The first kappa shape index (κ1) is 19.3. The predicted octanol–water partition coefficient (Wildman–Crippen LogP) is 3.80. The minimum absolute atomic E-state index is 0.246. The van der Waals surface area contributed by atoms with E-state index in [1.807, 2.05) is 48.5 Å². The molecule has 1 saturated heterocycles. The molecule has 3 aromatic rings. The van der Waals surface area contributed by atoms with Crippen LogP contribution in [0.4, 0.5) is 0 Å². The van der Waals surface area contributed by atoms with Crippen LogP contribution in [0, 0.1) is 0 Å². The summed E-state index contributed by atoms with van der Waals surface area (Å²) in [6.45, 7) is 2.49. The molecule has 7 nitrogen and oxygen atoms in total. The van der Waals surface area contributed by atoms with Crippen LogP contribution >= 0.6 is 0 Å². The summed E-state index contributed by atoms with van der Waals surface area (Å²) in [6, 6.07) is 15.5. The summed E-state index contributed by atoms with van der Waals surface area (Å²) < 4.78 is 22.2. The third-order valence-electron chi connectivity index (χ3n) is 5.06. The Morgan fingerprint density at radius 3 is 2.52 bits per heavy atom. The zero-order valence-corrected chi connectivity index (χ0v) is 16.7. The fourth-order valence-corrected chi connectivity index (χ4v) is 3.48. The van der Waals surface area contributed by atoms with E-state index in [4.69, 9.17) is 18.7 Å². The molecule has 1 aliphatic heterocycles. The Balaban J connectivity index is 1.34. The van der Waals surface area contributed by atoms with Crippen molar-refractivity contribution >= 4 is 0 Å². The molecule has 4 rings (SSSR count). The molecule has 0 unspecified atom stereocenters. The average molecular weight is 395 g/mol. The highest BCUT2D eigenvalue weighted by atomic mass is 16.5. The Bertz CT molecular complexity index is 921. The van der Waals surface area contributed by atoms with Gasteiger partial charge in [-0.25, -0.2) is 0 Å². The zero-order chi connectivity index (χ0) is 20.1. The molecule has 0 saturated carbocycles. The topological polar surface area (TPSA) is 69.9 Å². The lowest BCUT2D eigenvalue weighted by atomic mass is 10.1. The van der Waals surface area contributed by atoms with Crippen molar-refractivity contribution in [3.63, 3.8) is 0 Å². The van der Waals surface area contributed by atoms with E-state index in [0.717, 1.165) is 43.0 Å². The summed E-state index contributed by atoms with van der Waals surface area (Å²) in [4.78, 5) is 6.87. The summed E-state index contributed by atoms with van der Waals surface area (Å²) in [5.41, 5.74) is 0.776. The van der Waals surface area contributed by atoms with Crippen molar-refractivity contribution < 1.29 is 18.7 Å². The van der Waals surface area contributed by atoms with Crippen molar-refractivity contribution in [1.82, 2.24) is 15.0 Å². The van der Waals surface area contributed by atoms with E-state index in [0.29, 0.717) is 24.0 Å². The van der Waals surface area contributed by atoms with Gasteiger partial charge in [-0.1, -0.05) is 23.4 Å². The summed E-state index contributed by atoms with van der Waals surface area (Å²) in [6.07, 6.45) is 2.19. The van der Waals surface area contributed by atoms with Crippen molar-refractivity contribution in [3.8, 4) is 28.6 Å². The van der Waals surface area contributed by atoms with Gasteiger partial charge in [0.1, 0.15) is 23.4 Å². The lowest BCUT2D eigenvalue weighted by molar-refractivity contribution is 0.0904. The summed E-state index contributed by atoms with van der Waals surface area (Å²) in [5.74, 6) is 3.41. The largest absolute Gasteiger partial charge is 0.497 e. The molecule has 0 spiro atoms. The number of likely N-dealkylation sites (tertiary alicyclic amines) is 1. The van der Waals surface area contributed by atoms with Gasteiger partial charge in [0.05, 0.1) is 26.3 Å². The van der Waals surface area contributed by atoms with E-state index < -0.39 is 0 Å². The molecule has 0 aliphatic carbocycles. The van der Waals surface area contributed by atoms with Gasteiger partial charge in [-0.2, -0.15) is 4.98 Å². The van der Waals surface area contributed by atoms with Crippen LogP contribution in [0.25, 0.3) is 11.4 Å². The molecule has 2 aromatic carbocycles. The van der Waals surface area contributed by atoms with Gasteiger partial charge in [-0.3, -0.25) is 4.90 Å². The van der Waals surface area contributed by atoms with Crippen LogP contribution in [0.2, 0.25) is 0 Å². The highest BCUT2D eigenvalue weighted by molar-refractivity contribution is 5.65.